The number of piperidine rings is 1. The van der Waals surface area contributed by atoms with Crippen molar-refractivity contribution in [1.82, 2.24) is 10.2 Å². The maximum Gasteiger partial charge on any atom is 0.246 e. The minimum absolute atomic E-state index is 0.00703. The lowest BCUT2D eigenvalue weighted by molar-refractivity contribution is -0.125. The normalized spacial score (nSPS) is 34.0. The molecule has 2 saturated heterocycles. The number of nitrogens with zero attached hydrogens (tertiary/aromatic N) is 1. The van der Waals surface area contributed by atoms with Crippen LogP contribution in [0.2, 0.25) is 0 Å². The summed E-state index contributed by atoms with van der Waals surface area (Å²) in [6.07, 6.45) is 1.81. The van der Waals surface area contributed by atoms with Crippen LogP contribution in [0, 0.1) is 0 Å². The molecular formula is C14H26N2O5. The van der Waals surface area contributed by atoms with Crippen LogP contribution >= 0.6 is 0 Å². The van der Waals surface area contributed by atoms with Crippen molar-refractivity contribution in [3.05, 3.63) is 0 Å². The zero-order chi connectivity index (χ0) is 15.2. The van der Waals surface area contributed by atoms with E-state index in [9.17, 15) is 15.0 Å². The third-order valence-electron chi connectivity index (χ3n) is 4.23. The summed E-state index contributed by atoms with van der Waals surface area (Å²) in [6.45, 7) is 1.95. The number of aliphatic hydroxyl groups excluding tert-OH is 2. The van der Waals surface area contributed by atoms with Crippen molar-refractivity contribution >= 4 is 5.91 Å². The van der Waals surface area contributed by atoms with Gasteiger partial charge in [0, 0.05) is 13.7 Å². The van der Waals surface area contributed by atoms with Gasteiger partial charge >= 0.3 is 0 Å². The molecule has 122 valence electrons. The molecule has 2 fully saturated rings. The minimum Gasteiger partial charge on any atom is -0.394 e. The monoisotopic (exact) mass is 302 g/mol. The molecule has 2 aliphatic rings. The summed E-state index contributed by atoms with van der Waals surface area (Å²) in [7, 11) is 1.47. The average molecular weight is 302 g/mol. The zero-order valence-corrected chi connectivity index (χ0v) is 12.5. The first-order valence-electron chi connectivity index (χ1n) is 7.61. The number of carbonyl (C=O) groups excluding carboxylic acids is 1. The lowest BCUT2D eigenvalue weighted by atomic mass is 9.99. The van der Waals surface area contributed by atoms with E-state index in [1.165, 1.54) is 13.5 Å². The quantitative estimate of drug-likeness (QED) is 0.566. The SMILES string of the molecule is COCC(=O)NC[C@H]1O[C@@H](CO)[C@@H](O)[C@H]1N1CCCCC1. The molecule has 21 heavy (non-hydrogen) atoms. The second-order valence-corrected chi connectivity index (χ2v) is 5.71. The van der Waals surface area contributed by atoms with Gasteiger partial charge in [-0.3, -0.25) is 9.69 Å². The van der Waals surface area contributed by atoms with Crippen LogP contribution in [0.4, 0.5) is 0 Å². The summed E-state index contributed by atoms with van der Waals surface area (Å²) in [6, 6.07) is -0.176. The molecule has 0 aromatic carbocycles. The Morgan fingerprint density at radius 3 is 2.67 bits per heavy atom. The van der Waals surface area contributed by atoms with Crippen LogP contribution in [0.1, 0.15) is 19.3 Å². The molecular weight excluding hydrogens is 276 g/mol. The smallest absolute Gasteiger partial charge is 0.246 e. The molecule has 4 atom stereocenters. The molecule has 2 heterocycles. The van der Waals surface area contributed by atoms with Crippen molar-refractivity contribution in [2.45, 2.75) is 43.6 Å². The number of hydrogen-bond acceptors (Lipinski definition) is 6. The van der Waals surface area contributed by atoms with Gasteiger partial charge in [-0.05, 0) is 25.9 Å². The molecule has 0 aromatic rings. The maximum absolute atomic E-state index is 11.5. The van der Waals surface area contributed by atoms with Gasteiger partial charge in [-0.1, -0.05) is 6.42 Å². The van der Waals surface area contributed by atoms with Gasteiger partial charge < -0.3 is 25.0 Å². The van der Waals surface area contributed by atoms with Gasteiger partial charge in [0.1, 0.15) is 18.8 Å². The van der Waals surface area contributed by atoms with Gasteiger partial charge in [-0.2, -0.15) is 0 Å². The standard InChI is InChI=1S/C14H26N2O5/c1-20-9-12(18)15-7-10-13(14(19)11(8-17)21-10)16-5-3-2-4-6-16/h10-11,13-14,17,19H,2-9H2,1H3,(H,15,18)/t10-,11+,13+,14-/m1/s1. The van der Waals surface area contributed by atoms with Gasteiger partial charge in [0.25, 0.3) is 0 Å². The summed E-state index contributed by atoms with van der Waals surface area (Å²) in [4.78, 5) is 13.7. The van der Waals surface area contributed by atoms with E-state index in [0.29, 0.717) is 6.54 Å². The van der Waals surface area contributed by atoms with Crippen LogP contribution in [0.5, 0.6) is 0 Å². The lowest BCUT2D eigenvalue weighted by Gasteiger charge is -2.36. The highest BCUT2D eigenvalue weighted by atomic mass is 16.5. The zero-order valence-electron chi connectivity index (χ0n) is 12.5. The molecule has 0 aliphatic carbocycles. The van der Waals surface area contributed by atoms with E-state index in [2.05, 4.69) is 10.2 Å². The molecule has 0 unspecified atom stereocenters. The Balaban J connectivity index is 1.96. The Hall–Kier alpha value is -0.730. The van der Waals surface area contributed by atoms with Crippen LogP contribution in [0.25, 0.3) is 0 Å². The van der Waals surface area contributed by atoms with Crippen LogP contribution in [-0.2, 0) is 14.3 Å². The number of nitrogens with one attached hydrogen (secondary N) is 1. The summed E-state index contributed by atoms with van der Waals surface area (Å²) < 4.78 is 10.5. The number of rotatable bonds is 6. The van der Waals surface area contributed by atoms with Gasteiger partial charge in [0.05, 0.1) is 18.8 Å². The number of amides is 1. The summed E-state index contributed by atoms with van der Waals surface area (Å²) >= 11 is 0. The van der Waals surface area contributed by atoms with Gasteiger partial charge in [-0.25, -0.2) is 0 Å². The molecule has 0 aromatic heterocycles. The topological polar surface area (TPSA) is 91.3 Å². The molecule has 7 nitrogen and oxygen atoms in total. The first-order valence-corrected chi connectivity index (χ1v) is 7.61. The first-order chi connectivity index (χ1) is 10.2. The van der Waals surface area contributed by atoms with E-state index in [-0.39, 0.29) is 31.3 Å². The number of aliphatic hydroxyl groups is 2. The highest BCUT2D eigenvalue weighted by molar-refractivity contribution is 5.77. The second-order valence-electron chi connectivity index (χ2n) is 5.71. The van der Waals surface area contributed by atoms with E-state index in [0.717, 1.165) is 25.9 Å². The van der Waals surface area contributed by atoms with Crippen LogP contribution in [-0.4, -0.2) is 85.3 Å². The molecule has 3 N–H and O–H groups in total. The largest absolute Gasteiger partial charge is 0.394 e. The fraction of sp³-hybridized carbons (Fsp3) is 0.929. The summed E-state index contributed by atoms with van der Waals surface area (Å²) in [5.41, 5.74) is 0. The molecule has 0 spiro atoms. The Morgan fingerprint density at radius 1 is 1.33 bits per heavy atom. The molecule has 0 bridgehead atoms. The molecule has 0 radical (unpaired) electrons. The Morgan fingerprint density at radius 2 is 2.05 bits per heavy atom. The third kappa shape index (κ3) is 4.14. The van der Waals surface area contributed by atoms with E-state index >= 15 is 0 Å². The van der Waals surface area contributed by atoms with Crippen molar-refractivity contribution in [2.75, 3.05) is 40.0 Å². The Labute approximate surface area is 125 Å². The van der Waals surface area contributed by atoms with E-state index < -0.39 is 12.2 Å². The molecule has 1 amide bonds. The highest BCUT2D eigenvalue weighted by Crippen LogP contribution is 2.27. The van der Waals surface area contributed by atoms with E-state index in [1.54, 1.807) is 0 Å². The van der Waals surface area contributed by atoms with Crippen LogP contribution in [0.3, 0.4) is 0 Å². The number of hydrogen-bond donors (Lipinski definition) is 3. The third-order valence-corrected chi connectivity index (χ3v) is 4.23. The van der Waals surface area contributed by atoms with Crippen LogP contribution < -0.4 is 5.32 Å². The minimum atomic E-state index is -0.725. The first kappa shape index (κ1) is 16.6. The predicted molar refractivity (Wildman–Crippen MR) is 75.9 cm³/mol. The number of methoxy groups -OCH3 is 1. The van der Waals surface area contributed by atoms with Crippen molar-refractivity contribution < 1.29 is 24.5 Å². The van der Waals surface area contributed by atoms with Crippen molar-refractivity contribution in [1.29, 1.82) is 0 Å². The second kappa shape index (κ2) is 8.05. The van der Waals surface area contributed by atoms with E-state index in [4.69, 9.17) is 9.47 Å². The Bertz CT molecular complexity index is 335. The number of ether oxygens (including phenoxy) is 2. The molecule has 0 saturated carbocycles. The fourth-order valence-corrected chi connectivity index (χ4v) is 3.21. The fourth-order valence-electron chi connectivity index (χ4n) is 3.21. The predicted octanol–water partition coefficient (Wildman–Crippen LogP) is -1.28. The lowest BCUT2D eigenvalue weighted by Crippen LogP contribution is -2.52. The number of carbonyl (C=O) groups is 1. The van der Waals surface area contributed by atoms with E-state index in [1.807, 2.05) is 0 Å². The summed E-state index contributed by atoms with van der Waals surface area (Å²) in [5.74, 6) is -0.208. The molecule has 2 aliphatic heterocycles. The Kier molecular flexibility index (Phi) is 6.38. The van der Waals surface area contributed by atoms with Crippen molar-refractivity contribution in [2.24, 2.45) is 0 Å². The van der Waals surface area contributed by atoms with Crippen molar-refractivity contribution in [3.63, 3.8) is 0 Å². The van der Waals surface area contributed by atoms with Gasteiger partial charge in [0.15, 0.2) is 0 Å². The number of likely N-dealkylation sites (tertiary alicyclic amines) is 1. The van der Waals surface area contributed by atoms with Gasteiger partial charge in [0.2, 0.25) is 5.91 Å². The maximum atomic E-state index is 11.5. The average Bonchev–Trinajstić information content (AvgIpc) is 2.82. The van der Waals surface area contributed by atoms with Gasteiger partial charge in [-0.15, -0.1) is 0 Å². The van der Waals surface area contributed by atoms with Crippen molar-refractivity contribution in [3.8, 4) is 0 Å². The van der Waals surface area contributed by atoms with Crippen LogP contribution in [0.15, 0.2) is 0 Å². The highest BCUT2D eigenvalue weighted by Gasteiger charge is 2.46. The molecule has 7 heteroatoms. The summed E-state index contributed by atoms with van der Waals surface area (Å²) in [5, 5.41) is 22.4. The molecule has 2 rings (SSSR count).